The van der Waals surface area contributed by atoms with Crippen LogP contribution in [0.1, 0.15) is 22.8 Å². The van der Waals surface area contributed by atoms with Crippen molar-refractivity contribution >= 4 is 23.2 Å². The number of carbonyl (C=O) groups excluding carboxylic acids is 1. The number of thiocarbonyl (C=S) groups is 1. The van der Waals surface area contributed by atoms with Crippen molar-refractivity contribution in [1.82, 2.24) is 10.6 Å². The van der Waals surface area contributed by atoms with E-state index in [4.69, 9.17) is 17.0 Å². The molecule has 31 heavy (non-hydrogen) atoms. The summed E-state index contributed by atoms with van der Waals surface area (Å²) < 4.78 is 60.6. The molecule has 10 heteroatoms. The largest absolute Gasteiger partial charge is 0.414 e. The van der Waals surface area contributed by atoms with Crippen LogP contribution in [0.4, 0.5) is 17.6 Å². The molecule has 0 saturated carbocycles. The fraction of sp³-hybridized carbons (Fsp3) is 0.333. The molecule has 3 rings (SSSR count). The van der Waals surface area contributed by atoms with Gasteiger partial charge in [0, 0.05) is 17.0 Å². The van der Waals surface area contributed by atoms with E-state index in [9.17, 15) is 27.5 Å². The van der Waals surface area contributed by atoms with Crippen LogP contribution in [0.3, 0.4) is 0 Å². The first-order chi connectivity index (χ1) is 14.6. The quantitative estimate of drug-likeness (QED) is 0.487. The zero-order valence-corrected chi connectivity index (χ0v) is 17.1. The topological polar surface area (TPSA) is 70.6 Å². The summed E-state index contributed by atoms with van der Waals surface area (Å²) >= 11 is 5.17. The maximum atomic E-state index is 14.7. The SMILES string of the molecule is C[C@H]1OC[C@@](NC(=S)NC(=O)c2ccccc2)(c2ccccc2F)[C@@H]1[C@@H](O)C(F)(F)F. The molecule has 0 aliphatic carbocycles. The standard InChI is InChI=1S/C21H20F4N2O3S/c1-12-16(17(28)21(23,24)25)20(11-30-12,14-9-5-6-10-15(14)22)27-19(31)26-18(29)13-7-3-2-4-8-13/h2-10,12,16-17,28H,11H2,1H3,(H2,26,27,29,31)/t12-,16+,17-,20-/m1/s1. The Balaban J connectivity index is 1.98. The van der Waals surface area contributed by atoms with Crippen molar-refractivity contribution in [2.24, 2.45) is 5.92 Å². The first kappa shape index (κ1) is 23.1. The number of benzene rings is 2. The number of aliphatic hydroxyl groups is 1. The number of nitrogens with one attached hydrogen (secondary N) is 2. The van der Waals surface area contributed by atoms with Gasteiger partial charge in [-0.1, -0.05) is 36.4 Å². The predicted octanol–water partition coefficient (Wildman–Crippen LogP) is 3.28. The number of halogens is 4. The highest BCUT2D eigenvalue weighted by atomic mass is 32.1. The number of rotatable bonds is 4. The summed E-state index contributed by atoms with van der Waals surface area (Å²) in [7, 11) is 0. The molecule has 1 aliphatic rings. The smallest absolute Gasteiger partial charge is 0.383 e. The van der Waals surface area contributed by atoms with Crippen molar-refractivity contribution in [3.63, 3.8) is 0 Å². The van der Waals surface area contributed by atoms with Gasteiger partial charge in [0.1, 0.15) is 5.82 Å². The van der Waals surface area contributed by atoms with Gasteiger partial charge in [-0.2, -0.15) is 13.2 Å². The summed E-state index contributed by atoms with van der Waals surface area (Å²) in [5, 5.41) is 14.8. The number of carbonyl (C=O) groups is 1. The van der Waals surface area contributed by atoms with Crippen LogP contribution in [-0.2, 0) is 10.3 Å². The van der Waals surface area contributed by atoms with Crippen LogP contribution in [0.2, 0.25) is 0 Å². The first-order valence-corrected chi connectivity index (χ1v) is 9.77. The van der Waals surface area contributed by atoms with Gasteiger partial charge in [0.05, 0.1) is 18.2 Å². The second-order valence-corrected chi connectivity index (χ2v) is 7.66. The molecule has 2 aromatic carbocycles. The van der Waals surface area contributed by atoms with Crippen LogP contribution in [0.15, 0.2) is 54.6 Å². The van der Waals surface area contributed by atoms with Crippen LogP contribution in [0, 0.1) is 11.7 Å². The predicted molar refractivity (Wildman–Crippen MR) is 109 cm³/mol. The average Bonchev–Trinajstić information content (AvgIpc) is 3.04. The van der Waals surface area contributed by atoms with Gasteiger partial charge in [0.15, 0.2) is 11.2 Å². The lowest BCUT2D eigenvalue weighted by molar-refractivity contribution is -0.228. The zero-order valence-electron chi connectivity index (χ0n) is 16.3. The highest BCUT2D eigenvalue weighted by Gasteiger charge is 2.60. The first-order valence-electron chi connectivity index (χ1n) is 9.36. The molecule has 0 spiro atoms. The molecule has 0 aromatic heterocycles. The monoisotopic (exact) mass is 456 g/mol. The Kier molecular flexibility index (Phi) is 6.63. The average molecular weight is 456 g/mol. The lowest BCUT2D eigenvalue weighted by atomic mass is 9.74. The van der Waals surface area contributed by atoms with Crippen molar-refractivity contribution < 1.29 is 32.2 Å². The molecule has 5 nitrogen and oxygen atoms in total. The molecular weight excluding hydrogens is 436 g/mol. The summed E-state index contributed by atoms with van der Waals surface area (Å²) in [6, 6.07) is 13.3. The molecule has 0 bridgehead atoms. The normalized spacial score (nSPS) is 24.5. The van der Waals surface area contributed by atoms with Crippen molar-refractivity contribution in [3.8, 4) is 0 Å². The summed E-state index contributed by atoms with van der Waals surface area (Å²) in [5.41, 5.74) is -1.76. The van der Waals surface area contributed by atoms with Gasteiger partial charge >= 0.3 is 6.18 Å². The molecule has 3 N–H and O–H groups in total. The Hall–Kier alpha value is -2.56. The number of ether oxygens (including phenoxy) is 1. The number of hydrogen-bond acceptors (Lipinski definition) is 4. The molecule has 1 aliphatic heterocycles. The van der Waals surface area contributed by atoms with E-state index in [1.54, 1.807) is 18.2 Å². The molecule has 0 unspecified atom stereocenters. The summed E-state index contributed by atoms with van der Waals surface area (Å²) in [6.07, 6.45) is -8.90. The van der Waals surface area contributed by atoms with Gasteiger partial charge in [0.25, 0.3) is 5.91 Å². The Morgan fingerprint density at radius 2 is 1.81 bits per heavy atom. The van der Waals surface area contributed by atoms with Crippen molar-refractivity contribution in [3.05, 3.63) is 71.5 Å². The number of hydrogen-bond donors (Lipinski definition) is 3. The van der Waals surface area contributed by atoms with E-state index < -0.39 is 48.2 Å². The third kappa shape index (κ3) is 4.70. The zero-order chi connectivity index (χ0) is 22.8. The second-order valence-electron chi connectivity index (χ2n) is 7.25. The summed E-state index contributed by atoms with van der Waals surface area (Å²) in [4.78, 5) is 12.4. The summed E-state index contributed by atoms with van der Waals surface area (Å²) in [5.74, 6) is -3.04. The minimum absolute atomic E-state index is 0.163. The van der Waals surface area contributed by atoms with Crippen LogP contribution in [0.5, 0.6) is 0 Å². The fourth-order valence-electron chi connectivity index (χ4n) is 3.86. The van der Waals surface area contributed by atoms with E-state index in [1.807, 2.05) is 0 Å². The Labute approximate surface area is 181 Å². The third-order valence-corrected chi connectivity index (χ3v) is 5.48. The van der Waals surface area contributed by atoms with Crippen molar-refractivity contribution in [2.45, 2.75) is 30.8 Å². The Morgan fingerprint density at radius 1 is 1.19 bits per heavy atom. The van der Waals surface area contributed by atoms with E-state index >= 15 is 0 Å². The molecule has 166 valence electrons. The van der Waals surface area contributed by atoms with Crippen LogP contribution in [0.25, 0.3) is 0 Å². The van der Waals surface area contributed by atoms with E-state index in [-0.39, 0.29) is 16.2 Å². The maximum Gasteiger partial charge on any atom is 0.414 e. The van der Waals surface area contributed by atoms with Crippen molar-refractivity contribution in [2.75, 3.05) is 6.61 Å². The number of alkyl halides is 3. The molecule has 2 aromatic rings. The van der Waals surface area contributed by atoms with Gasteiger partial charge in [-0.05, 0) is 37.3 Å². The molecule has 1 heterocycles. The Bertz CT molecular complexity index is 957. The van der Waals surface area contributed by atoms with E-state index in [0.29, 0.717) is 0 Å². The number of amides is 1. The van der Waals surface area contributed by atoms with Gasteiger partial charge in [-0.25, -0.2) is 4.39 Å². The fourth-order valence-corrected chi connectivity index (χ4v) is 4.13. The minimum atomic E-state index is -4.99. The molecule has 1 amide bonds. The lowest BCUT2D eigenvalue weighted by Gasteiger charge is -2.40. The van der Waals surface area contributed by atoms with Gasteiger partial charge in [-0.3, -0.25) is 10.1 Å². The van der Waals surface area contributed by atoms with Gasteiger partial charge in [-0.15, -0.1) is 0 Å². The third-order valence-electron chi connectivity index (χ3n) is 5.28. The molecule has 0 radical (unpaired) electrons. The second kappa shape index (κ2) is 8.89. The highest BCUT2D eigenvalue weighted by Crippen LogP contribution is 2.45. The van der Waals surface area contributed by atoms with Crippen molar-refractivity contribution in [1.29, 1.82) is 0 Å². The molecular formula is C21H20F4N2O3S. The lowest BCUT2D eigenvalue weighted by Crippen LogP contribution is -2.60. The van der Waals surface area contributed by atoms with E-state index in [0.717, 1.165) is 6.07 Å². The maximum absolute atomic E-state index is 14.7. The van der Waals surface area contributed by atoms with Crippen LogP contribution >= 0.6 is 12.2 Å². The van der Waals surface area contributed by atoms with E-state index in [2.05, 4.69) is 10.6 Å². The van der Waals surface area contributed by atoms with Crippen LogP contribution < -0.4 is 10.6 Å². The van der Waals surface area contributed by atoms with Gasteiger partial charge < -0.3 is 15.2 Å². The highest BCUT2D eigenvalue weighted by molar-refractivity contribution is 7.80. The number of aliphatic hydroxyl groups excluding tert-OH is 1. The minimum Gasteiger partial charge on any atom is -0.383 e. The van der Waals surface area contributed by atoms with Gasteiger partial charge in [0.2, 0.25) is 0 Å². The molecule has 1 saturated heterocycles. The van der Waals surface area contributed by atoms with E-state index in [1.165, 1.54) is 37.3 Å². The molecule has 1 fully saturated rings. The Morgan fingerprint density at radius 3 is 2.42 bits per heavy atom. The summed E-state index contributed by atoms with van der Waals surface area (Å²) in [6.45, 7) is 0.948. The molecule has 4 atom stereocenters. The van der Waals surface area contributed by atoms with Crippen LogP contribution in [-0.4, -0.2) is 41.1 Å².